The Hall–Kier alpha value is -2.61. The molecule has 1 saturated carbocycles. The van der Waals surface area contributed by atoms with Gasteiger partial charge in [-0.25, -0.2) is 0 Å². The lowest BCUT2D eigenvalue weighted by Gasteiger charge is -2.45. The molecule has 2 aliphatic carbocycles. The first-order chi connectivity index (χ1) is 11.6. The highest BCUT2D eigenvalue weighted by atomic mass is 35.5. The number of benzene rings is 1. The van der Waals surface area contributed by atoms with Crippen molar-refractivity contribution in [2.75, 3.05) is 0 Å². The van der Waals surface area contributed by atoms with Gasteiger partial charge in [0.1, 0.15) is 5.92 Å². The van der Waals surface area contributed by atoms with Crippen LogP contribution in [0.2, 0.25) is 5.02 Å². The van der Waals surface area contributed by atoms with Crippen molar-refractivity contribution in [3.05, 3.63) is 46.5 Å². The van der Waals surface area contributed by atoms with Gasteiger partial charge in [0.15, 0.2) is 5.41 Å². The molecule has 1 aromatic carbocycles. The molecule has 1 N–H and O–H groups in total. The van der Waals surface area contributed by atoms with Crippen molar-refractivity contribution < 1.29 is 0 Å². The maximum atomic E-state index is 9.83. The van der Waals surface area contributed by atoms with Crippen molar-refractivity contribution in [3.8, 4) is 18.2 Å². The van der Waals surface area contributed by atoms with Gasteiger partial charge in [-0.15, -0.1) is 0 Å². The van der Waals surface area contributed by atoms with E-state index in [1.807, 2.05) is 18.2 Å². The zero-order chi connectivity index (χ0) is 17.3. The van der Waals surface area contributed by atoms with Crippen LogP contribution in [0.3, 0.4) is 0 Å². The third kappa shape index (κ3) is 2.22. The number of nitrogens with zero attached hydrogens (tertiary/aromatic N) is 3. The third-order valence-electron chi connectivity index (χ3n) is 5.15. The van der Waals surface area contributed by atoms with Gasteiger partial charge in [0, 0.05) is 10.9 Å². The zero-order valence-electron chi connectivity index (χ0n) is 13.0. The van der Waals surface area contributed by atoms with E-state index in [9.17, 15) is 15.8 Å². The second kappa shape index (κ2) is 6.12. The highest BCUT2D eigenvalue weighted by Gasteiger charge is 2.57. The Morgan fingerprint density at radius 3 is 2.38 bits per heavy atom. The van der Waals surface area contributed by atoms with Crippen LogP contribution < -0.4 is 0 Å². The third-order valence-corrected chi connectivity index (χ3v) is 5.41. The molecule has 2 aliphatic rings. The zero-order valence-corrected chi connectivity index (χ0v) is 13.7. The molecule has 0 spiro atoms. The average Bonchev–Trinajstić information content (AvgIpc) is 2.62. The summed E-state index contributed by atoms with van der Waals surface area (Å²) in [5.41, 5.74) is 0.00345. The van der Waals surface area contributed by atoms with Crippen molar-refractivity contribution in [2.45, 2.75) is 25.2 Å². The van der Waals surface area contributed by atoms with Crippen molar-refractivity contribution in [1.82, 2.24) is 0 Å². The van der Waals surface area contributed by atoms with Gasteiger partial charge in [0.05, 0.1) is 23.9 Å². The van der Waals surface area contributed by atoms with Crippen LogP contribution in [-0.2, 0) is 0 Å². The van der Waals surface area contributed by atoms with Crippen LogP contribution in [0.1, 0.15) is 30.7 Å². The summed E-state index contributed by atoms with van der Waals surface area (Å²) < 4.78 is 0. The molecule has 3 atom stereocenters. The Kier molecular flexibility index (Phi) is 4.15. The van der Waals surface area contributed by atoms with Crippen LogP contribution in [0.4, 0.5) is 0 Å². The summed E-state index contributed by atoms with van der Waals surface area (Å²) in [6, 6.07) is 13.4. The fourth-order valence-electron chi connectivity index (χ4n) is 4.06. The fraction of sp³-hybridized carbons (Fsp3) is 0.368. The molecule has 4 nitrogen and oxygen atoms in total. The Labute approximate surface area is 146 Å². The summed E-state index contributed by atoms with van der Waals surface area (Å²) >= 11 is 5.97. The molecule has 0 radical (unpaired) electrons. The molecule has 0 unspecified atom stereocenters. The van der Waals surface area contributed by atoms with Crippen LogP contribution in [0.15, 0.2) is 35.9 Å². The van der Waals surface area contributed by atoms with Crippen molar-refractivity contribution in [1.29, 1.82) is 21.2 Å². The maximum Gasteiger partial charge on any atom is 0.189 e. The van der Waals surface area contributed by atoms with E-state index in [0.717, 1.165) is 30.4 Å². The molecular weight excluding hydrogens is 320 g/mol. The largest absolute Gasteiger partial charge is 0.305 e. The second-order valence-electron chi connectivity index (χ2n) is 6.28. The first-order valence-electron chi connectivity index (χ1n) is 7.85. The summed E-state index contributed by atoms with van der Waals surface area (Å²) in [5.74, 6) is -1.30. The van der Waals surface area contributed by atoms with Crippen LogP contribution in [-0.4, -0.2) is 5.71 Å². The van der Waals surface area contributed by atoms with Gasteiger partial charge in [-0.3, -0.25) is 0 Å². The summed E-state index contributed by atoms with van der Waals surface area (Å²) in [6.07, 6.45) is 4.67. The van der Waals surface area contributed by atoms with E-state index in [1.54, 1.807) is 12.1 Å². The van der Waals surface area contributed by atoms with Gasteiger partial charge < -0.3 is 5.41 Å². The molecule has 0 aliphatic heterocycles. The van der Waals surface area contributed by atoms with E-state index in [2.05, 4.69) is 18.2 Å². The SMILES string of the molecule is N#C[C@@H]1C(=N)C(C#N)(C#N)[C@@H](c2ccc(Cl)cc2)[C@H]2CCCC=C12. The molecular formula is C19H15ClN4. The summed E-state index contributed by atoms with van der Waals surface area (Å²) in [4.78, 5) is 0. The number of nitriles is 3. The van der Waals surface area contributed by atoms with Crippen LogP contribution >= 0.6 is 11.6 Å². The second-order valence-corrected chi connectivity index (χ2v) is 6.71. The lowest BCUT2D eigenvalue weighted by Crippen LogP contribution is -2.48. The number of fused-ring (bicyclic) bond motifs is 1. The number of hydrogen-bond acceptors (Lipinski definition) is 4. The molecule has 3 rings (SSSR count). The van der Waals surface area contributed by atoms with E-state index in [1.165, 1.54) is 0 Å². The first-order valence-corrected chi connectivity index (χ1v) is 8.23. The van der Waals surface area contributed by atoms with E-state index in [0.29, 0.717) is 5.02 Å². The van der Waals surface area contributed by atoms with Gasteiger partial charge in [0.2, 0.25) is 0 Å². The van der Waals surface area contributed by atoms with Crippen LogP contribution in [0.25, 0.3) is 0 Å². The Morgan fingerprint density at radius 2 is 1.79 bits per heavy atom. The topological polar surface area (TPSA) is 95.2 Å². The number of nitrogens with one attached hydrogen (secondary N) is 1. The molecule has 0 amide bonds. The van der Waals surface area contributed by atoms with Crippen LogP contribution in [0.5, 0.6) is 0 Å². The molecule has 118 valence electrons. The number of hydrogen-bond donors (Lipinski definition) is 1. The maximum absolute atomic E-state index is 9.83. The monoisotopic (exact) mass is 334 g/mol. The predicted octanol–water partition coefficient (Wildman–Crippen LogP) is 4.36. The molecule has 5 heteroatoms. The molecule has 0 heterocycles. The van der Waals surface area contributed by atoms with Gasteiger partial charge in [0.25, 0.3) is 0 Å². The number of halogens is 1. The standard InChI is InChI=1S/C19H15ClN4/c20-13-7-5-12(6-8-13)17-15-4-2-1-3-14(15)16(9-21)18(24)19(17,10-22)11-23/h3,5-8,15-17,24H,1-2,4H2/t15-,16-,17-/m0/s1. The van der Waals surface area contributed by atoms with Gasteiger partial charge in [-0.2, -0.15) is 15.8 Å². The molecule has 1 aromatic rings. The van der Waals surface area contributed by atoms with Crippen molar-refractivity contribution in [2.24, 2.45) is 17.3 Å². The van der Waals surface area contributed by atoms with Crippen molar-refractivity contribution in [3.63, 3.8) is 0 Å². The smallest absolute Gasteiger partial charge is 0.189 e. The van der Waals surface area contributed by atoms with Gasteiger partial charge in [-0.1, -0.05) is 29.8 Å². The van der Waals surface area contributed by atoms with E-state index >= 15 is 0 Å². The highest BCUT2D eigenvalue weighted by molar-refractivity contribution is 6.30. The highest BCUT2D eigenvalue weighted by Crippen LogP contribution is 2.55. The minimum absolute atomic E-state index is 0.0713. The minimum Gasteiger partial charge on any atom is -0.305 e. The number of rotatable bonds is 1. The summed E-state index contributed by atoms with van der Waals surface area (Å²) in [5, 5.41) is 38.3. The van der Waals surface area contributed by atoms with Gasteiger partial charge >= 0.3 is 0 Å². The molecule has 24 heavy (non-hydrogen) atoms. The Bertz CT molecular complexity index is 818. The van der Waals surface area contributed by atoms with Crippen LogP contribution in [0, 0.1) is 56.7 Å². The quantitative estimate of drug-likeness (QED) is 0.773. The number of allylic oxidation sites excluding steroid dienone is 2. The summed E-state index contributed by atoms with van der Waals surface area (Å²) in [7, 11) is 0. The lowest BCUT2D eigenvalue weighted by molar-refractivity contribution is 0.320. The van der Waals surface area contributed by atoms with Crippen molar-refractivity contribution >= 4 is 17.3 Å². The molecule has 0 saturated heterocycles. The molecule has 0 aromatic heterocycles. The fourth-order valence-corrected chi connectivity index (χ4v) is 4.18. The van der Waals surface area contributed by atoms with E-state index in [-0.39, 0.29) is 11.6 Å². The predicted molar refractivity (Wildman–Crippen MR) is 90.1 cm³/mol. The minimum atomic E-state index is -1.62. The average molecular weight is 335 g/mol. The normalized spacial score (nSPS) is 27.8. The first kappa shape index (κ1) is 16.3. The lowest BCUT2D eigenvalue weighted by atomic mass is 9.53. The molecule has 1 fully saturated rings. The van der Waals surface area contributed by atoms with E-state index < -0.39 is 17.3 Å². The van der Waals surface area contributed by atoms with E-state index in [4.69, 9.17) is 17.0 Å². The molecule has 0 bridgehead atoms. The Balaban J connectivity index is 2.24. The van der Waals surface area contributed by atoms with Gasteiger partial charge in [-0.05, 0) is 48.4 Å². The Morgan fingerprint density at radius 1 is 1.12 bits per heavy atom. The summed E-state index contributed by atoms with van der Waals surface area (Å²) in [6.45, 7) is 0.